The third-order valence-electron chi connectivity index (χ3n) is 4.34. The lowest BCUT2D eigenvalue weighted by Gasteiger charge is -2.36. The third kappa shape index (κ3) is 3.07. The van der Waals surface area contributed by atoms with Crippen LogP contribution in [0.4, 0.5) is 13.2 Å². The number of thioether (sulfide) groups is 1. The molecule has 1 aliphatic rings. The highest BCUT2D eigenvalue weighted by Crippen LogP contribution is 2.60. The molecule has 2 aromatic rings. The molecule has 1 N–H and O–H groups in total. The van der Waals surface area contributed by atoms with Gasteiger partial charge in [-0.05, 0) is 29.8 Å². The SMILES string of the molecule is O=C(c1ccc(Cl)cc1)[C@@H]1[C@H](O)CS[C@@]1(c1ccccc1)C(F)(F)F. The molecule has 0 saturated carbocycles. The summed E-state index contributed by atoms with van der Waals surface area (Å²) in [5.41, 5.74) is 0.0665. The lowest BCUT2D eigenvalue weighted by Crippen LogP contribution is -2.49. The number of Topliss-reactive ketones (excluding diaryl/α,β-unsaturated/α-hetero) is 1. The number of halogens is 4. The lowest BCUT2D eigenvalue weighted by molar-refractivity contribution is -0.174. The minimum Gasteiger partial charge on any atom is -0.391 e. The maximum absolute atomic E-state index is 14.2. The highest BCUT2D eigenvalue weighted by molar-refractivity contribution is 8.00. The molecular formula is C18H14ClF3O2S. The van der Waals surface area contributed by atoms with E-state index in [1.807, 2.05) is 0 Å². The summed E-state index contributed by atoms with van der Waals surface area (Å²) in [6.45, 7) is 0. The number of rotatable bonds is 3. The molecule has 0 spiro atoms. The molecule has 132 valence electrons. The smallest absolute Gasteiger partial charge is 0.391 e. The van der Waals surface area contributed by atoms with Crippen molar-refractivity contribution in [2.45, 2.75) is 17.0 Å². The van der Waals surface area contributed by atoms with Gasteiger partial charge in [0.25, 0.3) is 0 Å². The number of carbonyl (C=O) groups is 1. The van der Waals surface area contributed by atoms with Gasteiger partial charge in [0.2, 0.25) is 0 Å². The average Bonchev–Trinajstić information content (AvgIpc) is 2.94. The van der Waals surface area contributed by atoms with Gasteiger partial charge in [0.15, 0.2) is 5.78 Å². The minimum atomic E-state index is -4.71. The molecule has 3 atom stereocenters. The van der Waals surface area contributed by atoms with Crippen molar-refractivity contribution in [3.63, 3.8) is 0 Å². The highest BCUT2D eigenvalue weighted by atomic mass is 35.5. The Balaban J connectivity index is 2.14. The zero-order valence-corrected chi connectivity index (χ0v) is 14.4. The molecule has 1 fully saturated rings. The van der Waals surface area contributed by atoms with Crippen LogP contribution in [0.1, 0.15) is 15.9 Å². The number of carbonyl (C=O) groups excluding carboxylic acids is 1. The van der Waals surface area contributed by atoms with Gasteiger partial charge in [-0.15, -0.1) is 11.8 Å². The van der Waals surface area contributed by atoms with Crippen molar-refractivity contribution in [2.24, 2.45) is 5.92 Å². The standard InChI is InChI=1S/C18H14ClF3O2S/c19-13-8-6-11(7-9-13)16(24)15-14(23)10-25-17(15,18(20,21)22)12-4-2-1-3-5-12/h1-9,14-15,23H,10H2/t14-,15+,17-/m1/s1. The molecule has 2 nitrogen and oxygen atoms in total. The Morgan fingerprint density at radius 1 is 1.12 bits per heavy atom. The molecular weight excluding hydrogens is 373 g/mol. The number of hydrogen-bond donors (Lipinski definition) is 1. The molecule has 1 heterocycles. The number of hydrogen-bond acceptors (Lipinski definition) is 3. The number of alkyl halides is 3. The fourth-order valence-electron chi connectivity index (χ4n) is 3.20. The summed E-state index contributed by atoms with van der Waals surface area (Å²) >= 11 is 6.35. The van der Waals surface area contributed by atoms with Crippen LogP contribution in [0.3, 0.4) is 0 Å². The predicted octanol–water partition coefficient (Wildman–Crippen LogP) is 4.70. The van der Waals surface area contributed by atoms with E-state index in [2.05, 4.69) is 0 Å². The number of aliphatic hydroxyl groups excluding tert-OH is 1. The predicted molar refractivity (Wildman–Crippen MR) is 91.9 cm³/mol. The van der Waals surface area contributed by atoms with Crippen molar-refractivity contribution in [1.82, 2.24) is 0 Å². The molecule has 0 radical (unpaired) electrons. The van der Waals surface area contributed by atoms with Gasteiger partial charge in [-0.25, -0.2) is 0 Å². The molecule has 1 aliphatic heterocycles. The Hall–Kier alpha value is -1.50. The summed E-state index contributed by atoms with van der Waals surface area (Å²) in [7, 11) is 0. The van der Waals surface area contributed by atoms with Gasteiger partial charge < -0.3 is 5.11 Å². The molecule has 0 unspecified atom stereocenters. The van der Waals surface area contributed by atoms with Crippen LogP contribution in [-0.4, -0.2) is 28.9 Å². The van der Waals surface area contributed by atoms with E-state index in [0.717, 1.165) is 0 Å². The molecule has 0 aromatic heterocycles. The Kier molecular flexibility index (Phi) is 4.88. The van der Waals surface area contributed by atoms with E-state index >= 15 is 0 Å². The van der Waals surface area contributed by atoms with Crippen molar-refractivity contribution in [2.75, 3.05) is 5.75 Å². The van der Waals surface area contributed by atoms with Crippen molar-refractivity contribution in [3.8, 4) is 0 Å². The first-order valence-electron chi connectivity index (χ1n) is 7.51. The van der Waals surface area contributed by atoms with Crippen LogP contribution >= 0.6 is 23.4 Å². The van der Waals surface area contributed by atoms with E-state index in [1.54, 1.807) is 6.07 Å². The van der Waals surface area contributed by atoms with Gasteiger partial charge in [-0.3, -0.25) is 4.79 Å². The zero-order chi connectivity index (χ0) is 18.2. The highest BCUT2D eigenvalue weighted by Gasteiger charge is 2.67. The first-order valence-corrected chi connectivity index (χ1v) is 8.88. The van der Waals surface area contributed by atoms with E-state index < -0.39 is 28.7 Å². The maximum atomic E-state index is 14.2. The van der Waals surface area contributed by atoms with Gasteiger partial charge in [0.1, 0.15) is 4.75 Å². The average molecular weight is 387 g/mol. The second kappa shape index (κ2) is 6.67. The Labute approximate surface area is 152 Å². The molecule has 1 saturated heterocycles. The second-order valence-electron chi connectivity index (χ2n) is 5.83. The minimum absolute atomic E-state index is 0.0311. The first-order chi connectivity index (χ1) is 11.8. The van der Waals surface area contributed by atoms with Crippen LogP contribution in [0.25, 0.3) is 0 Å². The van der Waals surface area contributed by atoms with E-state index in [1.165, 1.54) is 48.5 Å². The molecule has 25 heavy (non-hydrogen) atoms. The quantitative estimate of drug-likeness (QED) is 0.776. The third-order valence-corrected chi connectivity index (χ3v) is 6.28. The Bertz CT molecular complexity index is 764. The van der Waals surface area contributed by atoms with Gasteiger partial charge in [0.05, 0.1) is 12.0 Å². The Morgan fingerprint density at radius 2 is 1.72 bits per heavy atom. The number of aliphatic hydroxyl groups is 1. The van der Waals surface area contributed by atoms with Gasteiger partial charge in [-0.2, -0.15) is 13.2 Å². The summed E-state index contributed by atoms with van der Waals surface area (Å²) in [5.74, 6) is -2.53. The normalized spacial score (nSPS) is 26.6. The monoisotopic (exact) mass is 386 g/mol. The van der Waals surface area contributed by atoms with Crippen LogP contribution in [0.15, 0.2) is 54.6 Å². The van der Waals surface area contributed by atoms with Gasteiger partial charge >= 0.3 is 6.18 Å². The summed E-state index contributed by atoms with van der Waals surface area (Å²) in [6.07, 6.45) is -6.10. The number of ketones is 1. The largest absolute Gasteiger partial charge is 0.408 e. The zero-order valence-electron chi connectivity index (χ0n) is 12.8. The summed E-state index contributed by atoms with van der Waals surface area (Å²) in [6, 6.07) is 13.0. The fourth-order valence-corrected chi connectivity index (χ4v) is 4.86. The topological polar surface area (TPSA) is 37.3 Å². The molecule has 3 rings (SSSR count). The van der Waals surface area contributed by atoms with E-state index in [4.69, 9.17) is 11.6 Å². The second-order valence-corrected chi connectivity index (χ2v) is 7.53. The number of benzene rings is 2. The summed E-state index contributed by atoms with van der Waals surface area (Å²) in [5, 5.41) is 10.6. The van der Waals surface area contributed by atoms with Crippen LogP contribution in [0, 0.1) is 5.92 Å². The van der Waals surface area contributed by atoms with Crippen LogP contribution < -0.4 is 0 Å². The molecule has 0 aliphatic carbocycles. The van der Waals surface area contributed by atoms with E-state index in [-0.39, 0.29) is 16.9 Å². The molecule has 2 aromatic carbocycles. The van der Waals surface area contributed by atoms with Crippen molar-refractivity contribution in [1.29, 1.82) is 0 Å². The first kappa shape index (κ1) is 18.3. The fraction of sp³-hybridized carbons (Fsp3) is 0.278. The van der Waals surface area contributed by atoms with Crippen molar-refractivity contribution in [3.05, 3.63) is 70.7 Å². The lowest BCUT2D eigenvalue weighted by atomic mass is 9.77. The van der Waals surface area contributed by atoms with Crippen molar-refractivity contribution >= 4 is 29.1 Å². The van der Waals surface area contributed by atoms with Gasteiger partial charge in [-0.1, -0.05) is 41.9 Å². The molecule has 0 bridgehead atoms. The summed E-state index contributed by atoms with van der Waals surface area (Å²) < 4.78 is 40.0. The van der Waals surface area contributed by atoms with Crippen molar-refractivity contribution < 1.29 is 23.1 Å². The Morgan fingerprint density at radius 3 is 2.28 bits per heavy atom. The van der Waals surface area contributed by atoms with E-state index in [9.17, 15) is 23.1 Å². The van der Waals surface area contributed by atoms with E-state index in [0.29, 0.717) is 16.8 Å². The summed E-state index contributed by atoms with van der Waals surface area (Å²) in [4.78, 5) is 12.9. The molecule has 7 heteroatoms. The maximum Gasteiger partial charge on any atom is 0.408 e. The van der Waals surface area contributed by atoms with Crippen LogP contribution in [0.2, 0.25) is 5.02 Å². The van der Waals surface area contributed by atoms with Gasteiger partial charge in [0, 0.05) is 16.3 Å². The van der Waals surface area contributed by atoms with Crippen LogP contribution in [0.5, 0.6) is 0 Å². The van der Waals surface area contributed by atoms with Crippen LogP contribution in [-0.2, 0) is 4.75 Å². The molecule has 0 amide bonds.